The van der Waals surface area contributed by atoms with Crippen molar-refractivity contribution in [3.63, 3.8) is 0 Å². The molecular weight excluding hydrogens is 278 g/mol. The summed E-state index contributed by atoms with van der Waals surface area (Å²) in [6.07, 6.45) is 4.90. The third-order valence-corrected chi connectivity index (χ3v) is 3.02. The smallest absolute Gasteiger partial charge is 0.254 e. The molecule has 6 heteroatoms. The number of para-hydroxylation sites is 1. The predicted octanol–water partition coefficient (Wildman–Crippen LogP) is 2.62. The van der Waals surface area contributed by atoms with Crippen LogP contribution in [0.3, 0.4) is 0 Å². The molecule has 0 saturated carbocycles. The number of nitriles is 1. The zero-order valence-electron chi connectivity index (χ0n) is 12.3. The van der Waals surface area contributed by atoms with Crippen molar-refractivity contribution < 1.29 is 4.79 Å². The van der Waals surface area contributed by atoms with E-state index in [-0.39, 0.29) is 5.91 Å². The van der Waals surface area contributed by atoms with Gasteiger partial charge >= 0.3 is 0 Å². The Labute approximate surface area is 129 Å². The van der Waals surface area contributed by atoms with E-state index < -0.39 is 0 Å². The van der Waals surface area contributed by atoms with Crippen LogP contribution >= 0.6 is 0 Å². The van der Waals surface area contributed by atoms with Crippen LogP contribution in [0.2, 0.25) is 0 Å². The Morgan fingerprint density at radius 2 is 2.00 bits per heavy atom. The molecule has 1 aromatic carbocycles. The minimum absolute atomic E-state index is 0.183. The molecule has 1 heterocycles. The molecule has 22 heavy (non-hydrogen) atoms. The second kappa shape index (κ2) is 7.74. The van der Waals surface area contributed by atoms with Crippen LogP contribution in [0, 0.1) is 11.3 Å². The summed E-state index contributed by atoms with van der Waals surface area (Å²) in [5.74, 6) is 0.158. The van der Waals surface area contributed by atoms with Crippen LogP contribution in [0.5, 0.6) is 0 Å². The molecule has 0 aliphatic rings. The topological polar surface area (TPSA) is 90.7 Å². The minimum Gasteiger partial charge on any atom is -0.352 e. The summed E-state index contributed by atoms with van der Waals surface area (Å²) in [6.45, 7) is 2.71. The summed E-state index contributed by atoms with van der Waals surface area (Å²) < 4.78 is 0. The van der Waals surface area contributed by atoms with E-state index in [1.807, 2.05) is 6.07 Å². The Kier molecular flexibility index (Phi) is 5.44. The van der Waals surface area contributed by atoms with Gasteiger partial charge in [0.25, 0.3) is 5.91 Å². The van der Waals surface area contributed by atoms with E-state index in [0.717, 1.165) is 12.8 Å². The zero-order chi connectivity index (χ0) is 15.8. The summed E-state index contributed by atoms with van der Waals surface area (Å²) in [4.78, 5) is 20.0. The number of nitrogens with one attached hydrogen (secondary N) is 2. The predicted molar refractivity (Wildman–Crippen MR) is 83.7 cm³/mol. The Morgan fingerprint density at radius 1 is 1.27 bits per heavy atom. The summed E-state index contributed by atoms with van der Waals surface area (Å²) in [5.41, 5.74) is 1.55. The molecule has 2 N–H and O–H groups in total. The van der Waals surface area contributed by atoms with Crippen LogP contribution in [0.1, 0.15) is 35.7 Å². The van der Waals surface area contributed by atoms with Crippen molar-refractivity contribution in [2.75, 3.05) is 11.9 Å². The molecule has 0 aliphatic carbocycles. The lowest BCUT2D eigenvalue weighted by atomic mass is 10.2. The largest absolute Gasteiger partial charge is 0.352 e. The fourth-order valence-corrected chi connectivity index (χ4v) is 1.80. The van der Waals surface area contributed by atoms with Gasteiger partial charge in [-0.25, -0.2) is 9.97 Å². The summed E-state index contributed by atoms with van der Waals surface area (Å²) in [7, 11) is 0. The normalized spacial score (nSPS) is 9.82. The Bertz CT molecular complexity index is 676. The molecule has 6 nitrogen and oxygen atoms in total. The molecule has 0 atom stereocenters. The molecule has 0 radical (unpaired) electrons. The molecule has 1 aromatic heterocycles. The van der Waals surface area contributed by atoms with Crippen molar-refractivity contribution in [1.29, 1.82) is 5.26 Å². The monoisotopic (exact) mass is 295 g/mol. The van der Waals surface area contributed by atoms with Gasteiger partial charge in [0, 0.05) is 18.9 Å². The van der Waals surface area contributed by atoms with Gasteiger partial charge in [-0.05, 0) is 18.6 Å². The number of rotatable bonds is 6. The van der Waals surface area contributed by atoms with Gasteiger partial charge in [-0.2, -0.15) is 5.26 Å². The number of hydrogen-bond acceptors (Lipinski definition) is 5. The molecule has 0 spiro atoms. The van der Waals surface area contributed by atoms with Crippen LogP contribution < -0.4 is 10.6 Å². The second-order valence-corrected chi connectivity index (χ2v) is 4.69. The van der Waals surface area contributed by atoms with E-state index in [1.165, 1.54) is 12.4 Å². The number of carbonyl (C=O) groups is 1. The van der Waals surface area contributed by atoms with Gasteiger partial charge in [-0.1, -0.05) is 25.5 Å². The van der Waals surface area contributed by atoms with Gasteiger partial charge in [0.05, 0.1) is 16.8 Å². The van der Waals surface area contributed by atoms with Crippen molar-refractivity contribution in [3.8, 4) is 6.07 Å². The van der Waals surface area contributed by atoms with Gasteiger partial charge in [0.15, 0.2) is 0 Å². The first-order valence-electron chi connectivity index (χ1n) is 7.11. The molecule has 0 unspecified atom stereocenters. The van der Waals surface area contributed by atoms with Crippen LogP contribution in [0.4, 0.5) is 11.6 Å². The molecule has 2 rings (SSSR count). The Hall–Kier alpha value is -2.94. The van der Waals surface area contributed by atoms with Crippen molar-refractivity contribution >= 4 is 17.5 Å². The lowest BCUT2D eigenvalue weighted by Gasteiger charge is -2.07. The SMILES string of the molecule is CCCCNC(=O)c1cnc(Nc2ccccc2C#N)nc1. The van der Waals surface area contributed by atoms with Gasteiger partial charge in [0.1, 0.15) is 6.07 Å². The third kappa shape index (κ3) is 4.03. The lowest BCUT2D eigenvalue weighted by molar-refractivity contribution is 0.0952. The average molecular weight is 295 g/mol. The standard InChI is InChI=1S/C16H17N5O/c1-2-3-8-18-15(22)13-10-19-16(20-11-13)21-14-7-5-4-6-12(14)9-17/h4-7,10-11H,2-3,8H2,1H3,(H,18,22)(H,19,20,21). The van der Waals surface area contributed by atoms with Gasteiger partial charge in [0.2, 0.25) is 5.95 Å². The summed E-state index contributed by atoms with van der Waals surface area (Å²) >= 11 is 0. The molecule has 2 aromatic rings. The highest BCUT2D eigenvalue weighted by Gasteiger charge is 2.07. The van der Waals surface area contributed by atoms with Gasteiger partial charge in [-0.15, -0.1) is 0 Å². The van der Waals surface area contributed by atoms with Crippen molar-refractivity contribution in [2.24, 2.45) is 0 Å². The van der Waals surface area contributed by atoms with Crippen LogP contribution in [0.25, 0.3) is 0 Å². The minimum atomic E-state index is -0.183. The van der Waals surface area contributed by atoms with Crippen LogP contribution in [0.15, 0.2) is 36.7 Å². The maximum Gasteiger partial charge on any atom is 0.254 e. The molecule has 0 bridgehead atoms. The number of amides is 1. The van der Waals surface area contributed by atoms with E-state index >= 15 is 0 Å². The third-order valence-electron chi connectivity index (χ3n) is 3.02. The number of aromatic nitrogens is 2. The fourth-order valence-electron chi connectivity index (χ4n) is 1.80. The number of hydrogen-bond donors (Lipinski definition) is 2. The number of nitrogens with zero attached hydrogens (tertiary/aromatic N) is 3. The fraction of sp³-hybridized carbons (Fsp3) is 0.250. The van der Waals surface area contributed by atoms with Crippen LogP contribution in [-0.2, 0) is 0 Å². The number of carbonyl (C=O) groups excluding carboxylic acids is 1. The Balaban J connectivity index is 2.03. The molecule has 0 saturated heterocycles. The lowest BCUT2D eigenvalue weighted by Crippen LogP contribution is -2.24. The second-order valence-electron chi connectivity index (χ2n) is 4.69. The quantitative estimate of drug-likeness (QED) is 0.799. The highest BCUT2D eigenvalue weighted by molar-refractivity contribution is 5.93. The van der Waals surface area contributed by atoms with Crippen molar-refractivity contribution in [2.45, 2.75) is 19.8 Å². The molecule has 0 aliphatic heterocycles. The average Bonchev–Trinajstić information content (AvgIpc) is 2.56. The number of anilines is 2. The molecule has 112 valence electrons. The zero-order valence-corrected chi connectivity index (χ0v) is 12.3. The highest BCUT2D eigenvalue weighted by atomic mass is 16.1. The van der Waals surface area contributed by atoms with E-state index in [0.29, 0.717) is 29.3 Å². The molecule has 0 fully saturated rings. The maximum atomic E-state index is 11.8. The Morgan fingerprint density at radius 3 is 2.68 bits per heavy atom. The van der Waals surface area contributed by atoms with Crippen molar-refractivity contribution in [3.05, 3.63) is 47.8 Å². The first-order valence-corrected chi connectivity index (χ1v) is 7.11. The van der Waals surface area contributed by atoms with Crippen molar-refractivity contribution in [1.82, 2.24) is 15.3 Å². The number of unbranched alkanes of at least 4 members (excludes halogenated alkanes) is 1. The van der Waals surface area contributed by atoms with Gasteiger partial charge < -0.3 is 10.6 Å². The van der Waals surface area contributed by atoms with E-state index in [9.17, 15) is 4.79 Å². The van der Waals surface area contributed by atoms with Gasteiger partial charge in [-0.3, -0.25) is 4.79 Å². The van der Waals surface area contributed by atoms with E-state index in [4.69, 9.17) is 5.26 Å². The van der Waals surface area contributed by atoms with Crippen LogP contribution in [-0.4, -0.2) is 22.4 Å². The first-order chi connectivity index (χ1) is 10.7. The summed E-state index contributed by atoms with van der Waals surface area (Å²) in [6, 6.07) is 9.17. The van der Waals surface area contributed by atoms with E-state index in [2.05, 4.69) is 33.6 Å². The highest BCUT2D eigenvalue weighted by Crippen LogP contribution is 2.17. The summed E-state index contributed by atoms with van der Waals surface area (Å²) in [5, 5.41) is 14.8. The molecular formula is C16H17N5O. The maximum absolute atomic E-state index is 11.8. The first kappa shape index (κ1) is 15.4. The molecule has 1 amide bonds. The number of benzene rings is 1. The van der Waals surface area contributed by atoms with E-state index in [1.54, 1.807) is 18.2 Å².